The van der Waals surface area contributed by atoms with Crippen molar-refractivity contribution >= 4 is 5.69 Å². The van der Waals surface area contributed by atoms with Gasteiger partial charge in [0.15, 0.2) is 5.69 Å². The van der Waals surface area contributed by atoms with E-state index < -0.39 is 0 Å². The number of pyridine rings is 1. The van der Waals surface area contributed by atoms with Crippen LogP contribution in [0.2, 0.25) is 0 Å². The summed E-state index contributed by atoms with van der Waals surface area (Å²) in [6.07, 6.45) is 6.49. The minimum absolute atomic E-state index is 0.477. The summed E-state index contributed by atoms with van der Waals surface area (Å²) in [4.78, 5) is 4.07. The maximum absolute atomic E-state index is 8.98. The van der Waals surface area contributed by atoms with Crippen molar-refractivity contribution in [1.82, 2.24) is 4.98 Å². The molecule has 90 valence electrons. The maximum atomic E-state index is 8.98. The van der Waals surface area contributed by atoms with Crippen molar-refractivity contribution in [2.75, 3.05) is 5.32 Å². The van der Waals surface area contributed by atoms with E-state index in [2.05, 4.69) is 30.2 Å². The zero-order valence-corrected chi connectivity index (χ0v) is 10.5. The van der Waals surface area contributed by atoms with Crippen LogP contribution in [0.1, 0.15) is 45.2 Å². The fraction of sp³-hybridized carbons (Fsp3) is 0.571. The second-order valence-electron chi connectivity index (χ2n) is 5.59. The molecule has 1 N–H and O–H groups in total. The average Bonchev–Trinajstić information content (AvgIpc) is 2.32. The molecule has 1 saturated carbocycles. The Morgan fingerprint density at radius 1 is 1.41 bits per heavy atom. The Labute approximate surface area is 103 Å². The molecule has 0 amide bonds. The fourth-order valence-electron chi connectivity index (χ4n) is 2.37. The van der Waals surface area contributed by atoms with Crippen molar-refractivity contribution < 1.29 is 0 Å². The molecular weight excluding hydrogens is 210 g/mol. The van der Waals surface area contributed by atoms with Gasteiger partial charge in [-0.15, -0.1) is 0 Å². The van der Waals surface area contributed by atoms with Crippen molar-refractivity contribution in [3.63, 3.8) is 0 Å². The molecular formula is C14H19N3. The number of nitrogens with one attached hydrogen (secondary N) is 1. The molecule has 1 heterocycles. The molecule has 0 saturated heterocycles. The van der Waals surface area contributed by atoms with Crippen LogP contribution in [-0.2, 0) is 0 Å². The van der Waals surface area contributed by atoms with Crippen LogP contribution in [0.3, 0.4) is 0 Å². The van der Waals surface area contributed by atoms with E-state index in [9.17, 15) is 0 Å². The number of nitriles is 1. The van der Waals surface area contributed by atoms with Gasteiger partial charge >= 0.3 is 0 Å². The van der Waals surface area contributed by atoms with E-state index in [-0.39, 0.29) is 0 Å². The van der Waals surface area contributed by atoms with Gasteiger partial charge in [0.05, 0.1) is 5.69 Å². The van der Waals surface area contributed by atoms with Crippen LogP contribution in [0.15, 0.2) is 18.3 Å². The average molecular weight is 229 g/mol. The van der Waals surface area contributed by atoms with E-state index in [1.54, 1.807) is 6.20 Å². The molecule has 0 spiro atoms. The standard InChI is InChI=1S/C14H19N3/c1-14(2)7-5-11(6-8-14)17-12-4-3-9-16-13(12)10-15/h3-4,9,11,17H,5-8H2,1-2H3. The largest absolute Gasteiger partial charge is 0.380 e. The lowest BCUT2D eigenvalue weighted by Crippen LogP contribution is -2.30. The van der Waals surface area contributed by atoms with Crippen LogP contribution in [-0.4, -0.2) is 11.0 Å². The summed E-state index contributed by atoms with van der Waals surface area (Å²) in [6, 6.07) is 6.42. The summed E-state index contributed by atoms with van der Waals surface area (Å²) < 4.78 is 0. The van der Waals surface area contributed by atoms with Crippen LogP contribution >= 0.6 is 0 Å². The predicted octanol–water partition coefficient (Wildman–Crippen LogP) is 3.33. The maximum Gasteiger partial charge on any atom is 0.163 e. The first-order chi connectivity index (χ1) is 8.11. The molecule has 0 bridgehead atoms. The second-order valence-corrected chi connectivity index (χ2v) is 5.59. The van der Waals surface area contributed by atoms with Crippen LogP contribution in [0.4, 0.5) is 5.69 Å². The van der Waals surface area contributed by atoms with E-state index in [1.165, 1.54) is 25.7 Å². The van der Waals surface area contributed by atoms with Crippen molar-refractivity contribution in [3.8, 4) is 6.07 Å². The molecule has 1 aliphatic rings. The number of hydrogen-bond acceptors (Lipinski definition) is 3. The number of anilines is 1. The first kappa shape index (κ1) is 11.9. The molecule has 0 aromatic carbocycles. The molecule has 2 rings (SSSR count). The first-order valence-electron chi connectivity index (χ1n) is 6.22. The van der Waals surface area contributed by atoms with Crippen LogP contribution in [0.25, 0.3) is 0 Å². The highest BCUT2D eigenvalue weighted by molar-refractivity contribution is 5.53. The van der Waals surface area contributed by atoms with E-state index in [4.69, 9.17) is 5.26 Å². The quantitative estimate of drug-likeness (QED) is 0.846. The van der Waals surface area contributed by atoms with E-state index >= 15 is 0 Å². The third-order valence-electron chi connectivity index (χ3n) is 3.61. The fourth-order valence-corrected chi connectivity index (χ4v) is 2.37. The lowest BCUT2D eigenvalue weighted by atomic mass is 9.75. The molecule has 1 fully saturated rings. The zero-order chi connectivity index (χ0) is 12.3. The highest BCUT2D eigenvalue weighted by atomic mass is 14.9. The molecule has 0 unspecified atom stereocenters. The normalized spacial score (nSPS) is 19.6. The number of aromatic nitrogens is 1. The Hall–Kier alpha value is -1.56. The Morgan fingerprint density at radius 3 is 2.76 bits per heavy atom. The molecule has 3 heteroatoms. The minimum atomic E-state index is 0.477. The zero-order valence-electron chi connectivity index (χ0n) is 10.5. The number of hydrogen-bond donors (Lipinski definition) is 1. The summed E-state index contributed by atoms with van der Waals surface area (Å²) in [5, 5.41) is 12.4. The summed E-state index contributed by atoms with van der Waals surface area (Å²) in [5.41, 5.74) is 1.85. The van der Waals surface area contributed by atoms with E-state index in [1.807, 2.05) is 12.1 Å². The third-order valence-corrected chi connectivity index (χ3v) is 3.61. The molecule has 1 aromatic rings. The molecule has 0 aliphatic heterocycles. The topological polar surface area (TPSA) is 48.7 Å². The van der Waals surface area contributed by atoms with Gasteiger partial charge in [-0.1, -0.05) is 13.8 Å². The highest BCUT2D eigenvalue weighted by Crippen LogP contribution is 2.36. The Balaban J connectivity index is 2.01. The van der Waals surface area contributed by atoms with Crippen molar-refractivity contribution in [1.29, 1.82) is 5.26 Å². The molecule has 3 nitrogen and oxygen atoms in total. The minimum Gasteiger partial charge on any atom is -0.380 e. The SMILES string of the molecule is CC1(C)CCC(Nc2cccnc2C#N)CC1. The molecule has 0 atom stereocenters. The van der Waals surface area contributed by atoms with Crippen LogP contribution in [0, 0.1) is 16.7 Å². The monoisotopic (exact) mass is 229 g/mol. The van der Waals surface area contributed by atoms with Gasteiger partial charge in [0.2, 0.25) is 0 Å². The highest BCUT2D eigenvalue weighted by Gasteiger charge is 2.26. The van der Waals surface area contributed by atoms with Crippen molar-refractivity contribution in [3.05, 3.63) is 24.0 Å². The van der Waals surface area contributed by atoms with Crippen LogP contribution in [0.5, 0.6) is 0 Å². The summed E-state index contributed by atoms with van der Waals surface area (Å²) >= 11 is 0. The molecule has 0 radical (unpaired) electrons. The summed E-state index contributed by atoms with van der Waals surface area (Å²) in [5.74, 6) is 0. The molecule has 1 aliphatic carbocycles. The van der Waals surface area contributed by atoms with Gasteiger partial charge in [0.1, 0.15) is 6.07 Å². The van der Waals surface area contributed by atoms with Crippen molar-refractivity contribution in [2.45, 2.75) is 45.6 Å². The lowest BCUT2D eigenvalue weighted by Gasteiger charge is -2.35. The second kappa shape index (κ2) is 4.75. The van der Waals surface area contributed by atoms with Gasteiger partial charge < -0.3 is 5.32 Å². The van der Waals surface area contributed by atoms with Gasteiger partial charge in [0.25, 0.3) is 0 Å². The van der Waals surface area contributed by atoms with Gasteiger partial charge in [-0.25, -0.2) is 4.98 Å². The lowest BCUT2D eigenvalue weighted by molar-refractivity contribution is 0.232. The smallest absolute Gasteiger partial charge is 0.163 e. The van der Waals surface area contributed by atoms with Gasteiger partial charge in [-0.2, -0.15) is 5.26 Å². The predicted molar refractivity (Wildman–Crippen MR) is 68.6 cm³/mol. The van der Waals surface area contributed by atoms with Gasteiger partial charge in [-0.3, -0.25) is 0 Å². The Kier molecular flexibility index (Phi) is 3.33. The van der Waals surface area contributed by atoms with Gasteiger partial charge in [0, 0.05) is 12.2 Å². The van der Waals surface area contributed by atoms with Gasteiger partial charge in [-0.05, 0) is 43.2 Å². The summed E-state index contributed by atoms with van der Waals surface area (Å²) in [7, 11) is 0. The third kappa shape index (κ3) is 2.97. The molecule has 17 heavy (non-hydrogen) atoms. The van der Waals surface area contributed by atoms with Crippen molar-refractivity contribution in [2.24, 2.45) is 5.41 Å². The molecule has 1 aromatic heterocycles. The number of nitrogens with zero attached hydrogens (tertiary/aromatic N) is 2. The number of rotatable bonds is 2. The summed E-state index contributed by atoms with van der Waals surface area (Å²) in [6.45, 7) is 4.65. The first-order valence-corrected chi connectivity index (χ1v) is 6.22. The Bertz CT molecular complexity index is 421. The van der Waals surface area contributed by atoms with Crippen LogP contribution < -0.4 is 5.32 Å². The Morgan fingerprint density at radius 2 is 2.12 bits per heavy atom. The van der Waals surface area contributed by atoms with E-state index in [0.29, 0.717) is 17.2 Å². The van der Waals surface area contributed by atoms with E-state index in [0.717, 1.165) is 5.69 Å².